The molecule has 10 nitrogen and oxygen atoms in total. The van der Waals surface area contributed by atoms with Crippen LogP contribution < -0.4 is 20.3 Å². The number of hydrogen-bond acceptors (Lipinski definition) is 8. The quantitative estimate of drug-likeness (QED) is 0.0747. The molecule has 0 radical (unpaired) electrons. The minimum absolute atomic E-state index is 0.0954. The van der Waals surface area contributed by atoms with Crippen LogP contribution in [0.1, 0.15) is 51.1 Å². The van der Waals surface area contributed by atoms with Gasteiger partial charge in [-0.2, -0.15) is 10.2 Å². The summed E-state index contributed by atoms with van der Waals surface area (Å²) in [6, 6.07) is 27.2. The van der Waals surface area contributed by atoms with Crippen molar-refractivity contribution in [3.8, 4) is 11.5 Å². The van der Waals surface area contributed by atoms with Gasteiger partial charge in [0.05, 0.1) is 23.6 Å². The molecule has 0 heterocycles. The van der Waals surface area contributed by atoms with Gasteiger partial charge in [-0.25, -0.2) is 20.4 Å². The highest BCUT2D eigenvalue weighted by Gasteiger charge is 2.13. The summed E-state index contributed by atoms with van der Waals surface area (Å²) in [4.78, 5) is 48.8. The second kappa shape index (κ2) is 16.8. The van der Waals surface area contributed by atoms with E-state index < -0.39 is 11.9 Å². The molecule has 228 valence electrons. The first-order valence-electron chi connectivity index (χ1n) is 13.6. The Hall–Kier alpha value is -4.94. The maximum atomic E-state index is 12.3. The van der Waals surface area contributed by atoms with Crippen molar-refractivity contribution in [1.29, 1.82) is 0 Å². The number of nitrogens with one attached hydrogen (secondary N) is 2. The Kier molecular flexibility index (Phi) is 12.3. The molecule has 2 amide bonds. The number of rotatable bonds is 12. The molecule has 4 rings (SSSR count). The zero-order chi connectivity index (χ0) is 32.0. The van der Waals surface area contributed by atoms with E-state index in [9.17, 15) is 19.2 Å². The predicted molar refractivity (Wildman–Crippen MR) is 176 cm³/mol. The van der Waals surface area contributed by atoms with E-state index in [1.165, 1.54) is 12.4 Å². The molecule has 0 aliphatic heterocycles. The normalized spacial score (nSPS) is 10.9. The SMILES string of the molecule is O=C(CCCC(=O)NN=Cc1ccc(OC(=O)c2ccccc2Br)cc1)NN=Cc1ccc(OC(=O)c2ccccc2Br)cc1. The van der Waals surface area contributed by atoms with E-state index in [1.54, 1.807) is 97.1 Å². The van der Waals surface area contributed by atoms with Crippen LogP contribution in [0, 0.1) is 0 Å². The summed E-state index contributed by atoms with van der Waals surface area (Å²) < 4.78 is 12.0. The molecule has 0 saturated heterocycles. The van der Waals surface area contributed by atoms with E-state index in [1.807, 2.05) is 0 Å². The van der Waals surface area contributed by atoms with Crippen LogP contribution in [0.25, 0.3) is 0 Å². The Balaban J connectivity index is 1.11. The molecule has 4 aromatic rings. The summed E-state index contributed by atoms with van der Waals surface area (Å²) in [5.74, 6) is -0.925. The van der Waals surface area contributed by atoms with E-state index in [0.29, 0.717) is 49.1 Å². The lowest BCUT2D eigenvalue weighted by molar-refractivity contribution is -0.122. The van der Waals surface area contributed by atoms with Gasteiger partial charge in [0.1, 0.15) is 11.5 Å². The molecule has 0 saturated carbocycles. The van der Waals surface area contributed by atoms with Gasteiger partial charge in [0.25, 0.3) is 0 Å². The number of carbonyl (C=O) groups excluding carboxylic acids is 4. The summed E-state index contributed by atoms with van der Waals surface area (Å²) in [5, 5.41) is 7.84. The molecular weight excluding hydrogens is 708 g/mol. The lowest BCUT2D eigenvalue weighted by atomic mass is 10.2. The molecular formula is C33H26Br2N4O6. The van der Waals surface area contributed by atoms with Gasteiger partial charge < -0.3 is 9.47 Å². The first-order chi connectivity index (χ1) is 21.8. The first-order valence-corrected chi connectivity index (χ1v) is 15.1. The minimum Gasteiger partial charge on any atom is -0.423 e. The molecule has 12 heteroatoms. The minimum atomic E-state index is -0.485. The molecule has 0 unspecified atom stereocenters. The molecule has 45 heavy (non-hydrogen) atoms. The van der Waals surface area contributed by atoms with E-state index >= 15 is 0 Å². The molecule has 0 spiro atoms. The van der Waals surface area contributed by atoms with Crippen molar-refractivity contribution in [3.63, 3.8) is 0 Å². The molecule has 2 N–H and O–H groups in total. The summed E-state index contributed by atoms with van der Waals surface area (Å²) >= 11 is 6.65. The fourth-order valence-electron chi connectivity index (χ4n) is 3.70. The molecule has 0 aliphatic carbocycles. The highest BCUT2D eigenvalue weighted by atomic mass is 79.9. The maximum Gasteiger partial charge on any atom is 0.344 e. The second-order valence-electron chi connectivity index (χ2n) is 9.32. The number of hydrogen-bond donors (Lipinski definition) is 2. The number of halogens is 2. The van der Waals surface area contributed by atoms with Crippen LogP contribution in [-0.2, 0) is 9.59 Å². The van der Waals surface area contributed by atoms with Crippen LogP contribution in [0.4, 0.5) is 0 Å². The van der Waals surface area contributed by atoms with Gasteiger partial charge in [0, 0.05) is 21.8 Å². The van der Waals surface area contributed by atoms with Gasteiger partial charge in [0.15, 0.2) is 0 Å². The molecule has 0 fully saturated rings. The number of esters is 2. The zero-order valence-electron chi connectivity index (χ0n) is 23.6. The number of ether oxygens (including phenoxy) is 2. The third-order valence-corrected chi connectivity index (χ3v) is 7.37. The molecule has 0 atom stereocenters. The van der Waals surface area contributed by atoms with Crippen molar-refractivity contribution < 1.29 is 28.7 Å². The Morgan fingerprint density at radius 2 is 0.956 bits per heavy atom. The van der Waals surface area contributed by atoms with Crippen molar-refractivity contribution in [3.05, 3.63) is 128 Å². The van der Waals surface area contributed by atoms with Crippen LogP contribution >= 0.6 is 31.9 Å². The second-order valence-corrected chi connectivity index (χ2v) is 11.0. The third-order valence-electron chi connectivity index (χ3n) is 5.98. The highest BCUT2D eigenvalue weighted by Crippen LogP contribution is 2.20. The molecule has 0 bridgehead atoms. The van der Waals surface area contributed by atoms with Gasteiger partial charge >= 0.3 is 11.9 Å². The van der Waals surface area contributed by atoms with Crippen LogP contribution in [0.15, 0.2) is 116 Å². The van der Waals surface area contributed by atoms with Crippen molar-refractivity contribution in [2.75, 3.05) is 0 Å². The molecule has 0 aliphatic rings. The first kappa shape index (κ1) is 33.0. The van der Waals surface area contributed by atoms with Crippen LogP contribution in [0.5, 0.6) is 11.5 Å². The average Bonchev–Trinajstić information content (AvgIpc) is 3.03. The lowest BCUT2D eigenvalue weighted by Crippen LogP contribution is -2.20. The highest BCUT2D eigenvalue weighted by molar-refractivity contribution is 9.10. The van der Waals surface area contributed by atoms with Crippen molar-refractivity contribution >= 4 is 68.0 Å². The number of nitrogens with zero attached hydrogens (tertiary/aromatic N) is 2. The maximum absolute atomic E-state index is 12.3. The number of hydrazone groups is 2. The van der Waals surface area contributed by atoms with Crippen LogP contribution in [0.2, 0.25) is 0 Å². The van der Waals surface area contributed by atoms with E-state index in [2.05, 4.69) is 52.9 Å². The topological polar surface area (TPSA) is 136 Å². The summed E-state index contributed by atoms with van der Waals surface area (Å²) in [6.07, 6.45) is 3.41. The van der Waals surface area contributed by atoms with Gasteiger partial charge in [-0.15, -0.1) is 0 Å². The summed E-state index contributed by atoms with van der Waals surface area (Å²) in [7, 11) is 0. The zero-order valence-corrected chi connectivity index (χ0v) is 26.8. The standard InChI is InChI=1S/C33H26Br2N4O6/c34-28-8-3-1-6-26(28)32(42)44-24-16-12-22(13-17-24)20-36-38-30(40)10-5-11-31(41)39-37-21-23-14-18-25(19-15-23)45-33(43)27-7-2-4-9-29(27)35/h1-4,6-9,12-21H,5,10-11H2,(H,38,40)(H,39,41). The molecule has 0 aromatic heterocycles. The van der Waals surface area contributed by atoms with Gasteiger partial charge in [-0.3, -0.25) is 9.59 Å². The van der Waals surface area contributed by atoms with Crippen molar-refractivity contribution in [2.45, 2.75) is 19.3 Å². The fraction of sp³-hybridized carbons (Fsp3) is 0.0909. The van der Waals surface area contributed by atoms with Gasteiger partial charge in [0.2, 0.25) is 11.8 Å². The third kappa shape index (κ3) is 10.6. The van der Waals surface area contributed by atoms with Gasteiger partial charge in [-0.1, -0.05) is 24.3 Å². The largest absolute Gasteiger partial charge is 0.423 e. The number of amides is 2. The number of benzene rings is 4. The Labute approximate surface area is 275 Å². The summed E-state index contributed by atoms with van der Waals surface area (Å²) in [6.45, 7) is 0. The van der Waals surface area contributed by atoms with E-state index in [-0.39, 0.29) is 24.7 Å². The Morgan fingerprint density at radius 3 is 1.33 bits per heavy atom. The predicted octanol–water partition coefficient (Wildman–Crippen LogP) is 6.42. The van der Waals surface area contributed by atoms with Crippen LogP contribution in [0.3, 0.4) is 0 Å². The average molecular weight is 734 g/mol. The van der Waals surface area contributed by atoms with Gasteiger partial charge in [-0.05, 0) is 122 Å². The van der Waals surface area contributed by atoms with E-state index in [0.717, 1.165) is 0 Å². The van der Waals surface area contributed by atoms with Crippen LogP contribution in [-0.4, -0.2) is 36.2 Å². The Morgan fingerprint density at radius 1 is 0.578 bits per heavy atom. The smallest absolute Gasteiger partial charge is 0.344 e. The fourth-order valence-corrected chi connectivity index (χ4v) is 4.59. The molecule has 4 aromatic carbocycles. The van der Waals surface area contributed by atoms with Crippen molar-refractivity contribution in [1.82, 2.24) is 10.9 Å². The van der Waals surface area contributed by atoms with Crippen molar-refractivity contribution in [2.24, 2.45) is 10.2 Å². The Bertz CT molecular complexity index is 1600. The lowest BCUT2D eigenvalue weighted by Gasteiger charge is -2.06. The van der Waals surface area contributed by atoms with E-state index in [4.69, 9.17) is 9.47 Å². The number of carbonyl (C=O) groups is 4. The monoisotopic (exact) mass is 732 g/mol. The summed E-state index contributed by atoms with van der Waals surface area (Å²) in [5.41, 5.74) is 7.03.